The molecule has 2 aromatic heterocycles. The molecule has 0 radical (unpaired) electrons. The van der Waals surface area contributed by atoms with E-state index in [1.54, 1.807) is 18.5 Å². The molecule has 4 rings (SSSR count). The molecule has 1 aliphatic rings. The Labute approximate surface area is 169 Å². The molecule has 148 valence electrons. The highest BCUT2D eigenvalue weighted by atomic mass is 16.1. The van der Waals surface area contributed by atoms with Crippen LogP contribution in [0.5, 0.6) is 0 Å². The molecular weight excluding hydrogens is 366 g/mol. The van der Waals surface area contributed by atoms with Crippen molar-refractivity contribution < 1.29 is 4.79 Å². The second-order valence-corrected chi connectivity index (χ2v) is 6.85. The number of anilines is 2. The molecule has 0 atom stereocenters. The fraction of sp³-hybridized carbons (Fsp3) is 0.286. The normalized spacial score (nSPS) is 14.0. The Morgan fingerprint density at radius 2 is 1.66 bits per heavy atom. The number of amides is 1. The molecule has 0 bridgehead atoms. The lowest BCUT2D eigenvalue weighted by molar-refractivity contribution is 0.0945. The average molecular weight is 389 g/mol. The Bertz CT molecular complexity index is 957. The second-order valence-electron chi connectivity index (χ2n) is 6.85. The minimum Gasteiger partial charge on any atom is -0.353 e. The van der Waals surface area contributed by atoms with Crippen LogP contribution in [0.3, 0.4) is 0 Å². The van der Waals surface area contributed by atoms with E-state index in [9.17, 15) is 4.79 Å². The summed E-state index contributed by atoms with van der Waals surface area (Å²) < 4.78 is 0. The van der Waals surface area contributed by atoms with Gasteiger partial charge in [0.15, 0.2) is 0 Å². The summed E-state index contributed by atoms with van der Waals surface area (Å²) in [6, 6.07) is 13.4. The van der Waals surface area contributed by atoms with E-state index >= 15 is 0 Å². The van der Waals surface area contributed by atoms with Gasteiger partial charge in [0.1, 0.15) is 17.3 Å². The quantitative estimate of drug-likeness (QED) is 0.712. The van der Waals surface area contributed by atoms with Crippen molar-refractivity contribution in [2.75, 3.05) is 36.0 Å². The molecule has 1 fully saturated rings. The SMILES string of the molecule is Cc1nc(C(=O)NCc2ccccc2)cc(N2CCN(c3ncccn3)CC2)n1. The number of hydrogen-bond acceptors (Lipinski definition) is 7. The monoisotopic (exact) mass is 389 g/mol. The number of aryl methyl sites for hydroxylation is 1. The van der Waals surface area contributed by atoms with Crippen LogP contribution >= 0.6 is 0 Å². The summed E-state index contributed by atoms with van der Waals surface area (Å²) in [5, 5.41) is 2.93. The topological polar surface area (TPSA) is 87.1 Å². The number of aromatic nitrogens is 4. The smallest absolute Gasteiger partial charge is 0.270 e. The van der Waals surface area contributed by atoms with Crippen molar-refractivity contribution >= 4 is 17.7 Å². The zero-order chi connectivity index (χ0) is 20.1. The van der Waals surface area contributed by atoms with Gasteiger partial charge in [-0.25, -0.2) is 19.9 Å². The van der Waals surface area contributed by atoms with Crippen LogP contribution in [0.1, 0.15) is 21.9 Å². The Morgan fingerprint density at radius 1 is 0.966 bits per heavy atom. The predicted octanol–water partition coefficient (Wildman–Crippen LogP) is 1.83. The summed E-state index contributed by atoms with van der Waals surface area (Å²) in [5.41, 5.74) is 1.43. The van der Waals surface area contributed by atoms with Crippen molar-refractivity contribution in [1.29, 1.82) is 0 Å². The first kappa shape index (κ1) is 18.8. The van der Waals surface area contributed by atoms with Gasteiger partial charge in [-0.2, -0.15) is 0 Å². The molecule has 29 heavy (non-hydrogen) atoms. The summed E-state index contributed by atoms with van der Waals surface area (Å²) in [6.07, 6.45) is 3.51. The van der Waals surface area contributed by atoms with Gasteiger partial charge in [-0.05, 0) is 18.6 Å². The van der Waals surface area contributed by atoms with E-state index in [1.165, 1.54) is 0 Å². The highest BCUT2D eigenvalue weighted by molar-refractivity contribution is 5.92. The Balaban J connectivity index is 1.41. The number of carbonyl (C=O) groups is 1. The maximum absolute atomic E-state index is 12.6. The van der Waals surface area contributed by atoms with Gasteiger partial charge in [-0.1, -0.05) is 30.3 Å². The molecule has 1 amide bonds. The third kappa shape index (κ3) is 4.66. The molecule has 1 saturated heterocycles. The number of carbonyl (C=O) groups excluding carboxylic acids is 1. The van der Waals surface area contributed by atoms with Gasteiger partial charge in [-0.15, -0.1) is 0 Å². The van der Waals surface area contributed by atoms with Crippen molar-refractivity contribution in [2.45, 2.75) is 13.5 Å². The third-order valence-electron chi connectivity index (χ3n) is 4.79. The molecule has 1 aliphatic heterocycles. The third-order valence-corrected chi connectivity index (χ3v) is 4.79. The molecule has 8 nitrogen and oxygen atoms in total. The highest BCUT2D eigenvalue weighted by Crippen LogP contribution is 2.17. The molecular formula is C21H23N7O. The Kier molecular flexibility index (Phi) is 5.60. The van der Waals surface area contributed by atoms with E-state index in [1.807, 2.05) is 43.3 Å². The zero-order valence-electron chi connectivity index (χ0n) is 16.3. The number of nitrogens with zero attached hydrogens (tertiary/aromatic N) is 6. The summed E-state index contributed by atoms with van der Waals surface area (Å²) in [7, 11) is 0. The van der Waals surface area contributed by atoms with Crippen LogP contribution in [-0.4, -0.2) is 52.0 Å². The number of benzene rings is 1. The molecule has 0 aliphatic carbocycles. The second kappa shape index (κ2) is 8.64. The van der Waals surface area contributed by atoms with Crippen LogP contribution in [0.15, 0.2) is 54.9 Å². The Hall–Kier alpha value is -3.55. The number of hydrogen-bond donors (Lipinski definition) is 1. The van der Waals surface area contributed by atoms with Gasteiger partial charge in [0.2, 0.25) is 5.95 Å². The molecule has 0 spiro atoms. The predicted molar refractivity (Wildman–Crippen MR) is 111 cm³/mol. The van der Waals surface area contributed by atoms with Crippen LogP contribution in [0, 0.1) is 6.92 Å². The minimum atomic E-state index is -0.197. The average Bonchev–Trinajstić information content (AvgIpc) is 2.78. The summed E-state index contributed by atoms with van der Waals surface area (Å²) in [6.45, 7) is 5.42. The van der Waals surface area contributed by atoms with Crippen LogP contribution in [0.2, 0.25) is 0 Å². The lowest BCUT2D eigenvalue weighted by Gasteiger charge is -2.35. The Morgan fingerprint density at radius 3 is 2.38 bits per heavy atom. The van der Waals surface area contributed by atoms with Crippen LogP contribution < -0.4 is 15.1 Å². The largest absolute Gasteiger partial charge is 0.353 e. The van der Waals surface area contributed by atoms with Gasteiger partial charge in [0.25, 0.3) is 5.91 Å². The number of rotatable bonds is 5. The van der Waals surface area contributed by atoms with Gasteiger partial charge in [0, 0.05) is 51.2 Å². The number of nitrogens with one attached hydrogen (secondary N) is 1. The summed E-state index contributed by atoms with van der Waals surface area (Å²) in [5.74, 6) is 1.90. The fourth-order valence-electron chi connectivity index (χ4n) is 3.29. The van der Waals surface area contributed by atoms with Crippen LogP contribution in [0.25, 0.3) is 0 Å². The molecule has 0 saturated carbocycles. The molecule has 1 N–H and O–H groups in total. The lowest BCUT2D eigenvalue weighted by Crippen LogP contribution is -2.47. The van der Waals surface area contributed by atoms with Crippen molar-refractivity contribution in [2.24, 2.45) is 0 Å². The number of piperazine rings is 1. The highest BCUT2D eigenvalue weighted by Gasteiger charge is 2.21. The van der Waals surface area contributed by atoms with E-state index in [-0.39, 0.29) is 5.91 Å². The van der Waals surface area contributed by atoms with E-state index in [4.69, 9.17) is 0 Å². The molecule has 3 heterocycles. The first-order valence-corrected chi connectivity index (χ1v) is 9.64. The molecule has 3 aromatic rings. The van der Waals surface area contributed by atoms with Crippen molar-refractivity contribution in [1.82, 2.24) is 25.3 Å². The van der Waals surface area contributed by atoms with Gasteiger partial charge in [0.05, 0.1) is 0 Å². The summed E-state index contributed by atoms with van der Waals surface area (Å²) >= 11 is 0. The fourth-order valence-corrected chi connectivity index (χ4v) is 3.29. The van der Waals surface area contributed by atoms with Crippen molar-refractivity contribution in [3.05, 3.63) is 71.9 Å². The van der Waals surface area contributed by atoms with Gasteiger partial charge >= 0.3 is 0 Å². The lowest BCUT2D eigenvalue weighted by atomic mass is 10.2. The first-order valence-electron chi connectivity index (χ1n) is 9.64. The molecule has 1 aromatic carbocycles. The van der Waals surface area contributed by atoms with Crippen LogP contribution in [0.4, 0.5) is 11.8 Å². The maximum atomic E-state index is 12.6. The van der Waals surface area contributed by atoms with Gasteiger partial charge < -0.3 is 15.1 Å². The van der Waals surface area contributed by atoms with E-state index < -0.39 is 0 Å². The zero-order valence-corrected chi connectivity index (χ0v) is 16.3. The molecule has 0 unspecified atom stereocenters. The standard InChI is InChI=1S/C21H23N7O/c1-16-25-18(20(29)24-15-17-6-3-2-4-7-17)14-19(26-16)27-10-12-28(13-11-27)21-22-8-5-9-23-21/h2-9,14H,10-13,15H2,1H3,(H,24,29). The van der Waals surface area contributed by atoms with E-state index in [0.29, 0.717) is 18.1 Å². The molecule has 8 heteroatoms. The van der Waals surface area contributed by atoms with Gasteiger partial charge in [-0.3, -0.25) is 4.79 Å². The van der Waals surface area contributed by atoms with Crippen LogP contribution in [-0.2, 0) is 6.54 Å². The van der Waals surface area contributed by atoms with E-state index in [2.05, 4.69) is 35.1 Å². The maximum Gasteiger partial charge on any atom is 0.270 e. The van der Waals surface area contributed by atoms with E-state index in [0.717, 1.165) is 43.5 Å². The first-order chi connectivity index (χ1) is 14.2. The summed E-state index contributed by atoms with van der Waals surface area (Å²) in [4.78, 5) is 34.4. The minimum absolute atomic E-state index is 0.197. The van der Waals surface area contributed by atoms with Crippen molar-refractivity contribution in [3.8, 4) is 0 Å². The van der Waals surface area contributed by atoms with Crippen molar-refractivity contribution in [3.63, 3.8) is 0 Å².